The molecule has 1 aliphatic heterocycles. The molecule has 5 nitrogen and oxygen atoms in total. The van der Waals surface area contributed by atoms with Gasteiger partial charge >= 0.3 is 0 Å². The zero-order valence-electron chi connectivity index (χ0n) is 14.7. The molecule has 140 valence electrons. The number of benzene rings is 2. The van der Waals surface area contributed by atoms with Gasteiger partial charge in [-0.1, -0.05) is 41.9 Å². The highest BCUT2D eigenvalue weighted by Crippen LogP contribution is 2.34. The van der Waals surface area contributed by atoms with E-state index in [0.29, 0.717) is 11.6 Å². The minimum atomic E-state index is -0.386. The normalized spacial score (nSPS) is 19.3. The van der Waals surface area contributed by atoms with E-state index >= 15 is 0 Å². The molecule has 0 spiro atoms. The molecule has 0 saturated carbocycles. The maximum atomic E-state index is 10.7. The first kappa shape index (κ1) is 19.1. The second-order valence-electron chi connectivity index (χ2n) is 6.42. The Morgan fingerprint density at radius 1 is 1.15 bits per heavy atom. The van der Waals surface area contributed by atoms with Gasteiger partial charge in [-0.05, 0) is 36.2 Å². The Kier molecular flexibility index (Phi) is 6.27. The van der Waals surface area contributed by atoms with Gasteiger partial charge in [0.25, 0.3) is 6.47 Å². The number of aromatic nitrogens is 1. The molecule has 2 aromatic carbocycles. The number of piperidine rings is 1. The van der Waals surface area contributed by atoms with Crippen LogP contribution in [-0.2, 0) is 4.79 Å². The maximum Gasteiger partial charge on any atom is 0.290 e. The molecular weight excluding hydrogens is 364 g/mol. The average Bonchev–Trinajstić information content (AvgIpc) is 2.68. The summed E-state index contributed by atoms with van der Waals surface area (Å²) in [5.41, 5.74) is 3.23. The van der Waals surface area contributed by atoms with Crippen molar-refractivity contribution in [2.75, 3.05) is 18.0 Å². The van der Waals surface area contributed by atoms with Crippen LogP contribution in [0.15, 0.2) is 60.8 Å². The summed E-state index contributed by atoms with van der Waals surface area (Å²) in [7, 11) is 0. The van der Waals surface area contributed by atoms with Gasteiger partial charge in [0.15, 0.2) is 0 Å². The first-order chi connectivity index (χ1) is 13.1. The fourth-order valence-electron chi connectivity index (χ4n) is 3.62. The molecule has 6 heteroatoms. The van der Waals surface area contributed by atoms with E-state index in [0.717, 1.165) is 29.6 Å². The Morgan fingerprint density at radius 3 is 2.59 bits per heavy atom. The molecule has 1 aliphatic rings. The Balaban J connectivity index is 0.000000659. The van der Waals surface area contributed by atoms with Crippen molar-refractivity contribution in [1.82, 2.24) is 4.98 Å². The van der Waals surface area contributed by atoms with Crippen molar-refractivity contribution in [3.63, 3.8) is 0 Å². The fourth-order valence-corrected chi connectivity index (χ4v) is 3.79. The Hall–Kier alpha value is -2.63. The van der Waals surface area contributed by atoms with Crippen molar-refractivity contribution in [2.24, 2.45) is 0 Å². The predicted octanol–water partition coefficient (Wildman–Crippen LogP) is 3.94. The number of aliphatic hydroxyl groups excluding tert-OH is 1. The van der Waals surface area contributed by atoms with Gasteiger partial charge in [0.05, 0.1) is 11.6 Å². The number of pyridine rings is 1. The number of β-amino-alcohol motifs (C(OH)–C–C–N with tert-alkyl or cyclic N) is 1. The van der Waals surface area contributed by atoms with Crippen LogP contribution in [0.1, 0.15) is 17.9 Å². The number of nitrogens with zero attached hydrogens (tertiary/aromatic N) is 2. The molecule has 0 bridgehead atoms. The first-order valence-corrected chi connectivity index (χ1v) is 9.12. The lowest BCUT2D eigenvalue weighted by atomic mass is 9.87. The van der Waals surface area contributed by atoms with E-state index < -0.39 is 0 Å². The van der Waals surface area contributed by atoms with Crippen molar-refractivity contribution < 1.29 is 15.0 Å². The average molecular weight is 385 g/mol. The molecule has 1 saturated heterocycles. The fraction of sp³-hybridized carbons (Fsp3) is 0.238. The van der Waals surface area contributed by atoms with Crippen LogP contribution >= 0.6 is 11.6 Å². The topological polar surface area (TPSA) is 73.7 Å². The Bertz CT molecular complexity index is 904. The summed E-state index contributed by atoms with van der Waals surface area (Å²) in [4.78, 5) is 15.0. The molecule has 0 unspecified atom stereocenters. The van der Waals surface area contributed by atoms with Crippen LogP contribution < -0.4 is 4.90 Å². The monoisotopic (exact) mass is 384 g/mol. The largest absolute Gasteiger partial charge is 0.483 e. The number of hydrogen-bond donors (Lipinski definition) is 2. The molecule has 2 N–H and O–H groups in total. The Morgan fingerprint density at radius 2 is 1.89 bits per heavy atom. The van der Waals surface area contributed by atoms with Crippen LogP contribution in [0, 0.1) is 0 Å². The van der Waals surface area contributed by atoms with Crippen LogP contribution in [0.2, 0.25) is 5.02 Å². The molecule has 0 aliphatic carbocycles. The van der Waals surface area contributed by atoms with Crippen molar-refractivity contribution in [2.45, 2.75) is 18.4 Å². The summed E-state index contributed by atoms with van der Waals surface area (Å²) in [5, 5.41) is 19.3. The lowest BCUT2D eigenvalue weighted by molar-refractivity contribution is -0.122. The summed E-state index contributed by atoms with van der Waals surface area (Å²) >= 11 is 6.17. The zero-order valence-corrected chi connectivity index (χ0v) is 15.5. The third-order valence-electron chi connectivity index (χ3n) is 4.83. The molecule has 0 radical (unpaired) electrons. The van der Waals surface area contributed by atoms with Crippen LogP contribution in [0.3, 0.4) is 0 Å². The highest BCUT2D eigenvalue weighted by atomic mass is 35.5. The molecule has 2 heterocycles. The second-order valence-corrected chi connectivity index (χ2v) is 6.85. The van der Waals surface area contributed by atoms with E-state index in [1.165, 1.54) is 5.56 Å². The Labute approximate surface area is 162 Å². The number of halogens is 1. The van der Waals surface area contributed by atoms with Crippen LogP contribution in [0.25, 0.3) is 10.9 Å². The highest BCUT2D eigenvalue weighted by molar-refractivity contribution is 6.31. The summed E-state index contributed by atoms with van der Waals surface area (Å²) in [5.74, 6) is 0.194. The summed E-state index contributed by atoms with van der Waals surface area (Å²) in [6.45, 7) is 1.27. The molecule has 4 rings (SSSR count). The number of fused-ring (bicyclic) bond motifs is 1. The molecular formula is C21H21ClN2O3. The van der Waals surface area contributed by atoms with Gasteiger partial charge in [0.1, 0.15) is 0 Å². The predicted molar refractivity (Wildman–Crippen MR) is 107 cm³/mol. The number of hydrogen-bond acceptors (Lipinski definition) is 4. The lowest BCUT2D eigenvalue weighted by Crippen LogP contribution is -2.42. The SMILES string of the molecule is O=CO.O[C@@H]1CN(c2ccnc3ccc(Cl)cc23)CC[C@H]1c1ccccc1. The van der Waals surface area contributed by atoms with Gasteiger partial charge in [0, 0.05) is 41.3 Å². The summed E-state index contributed by atoms with van der Waals surface area (Å²) in [6, 6.07) is 18.0. The highest BCUT2D eigenvalue weighted by Gasteiger charge is 2.29. The van der Waals surface area contributed by atoms with Crippen molar-refractivity contribution in [1.29, 1.82) is 0 Å². The van der Waals surface area contributed by atoms with E-state index in [1.807, 2.05) is 48.7 Å². The van der Waals surface area contributed by atoms with Crippen molar-refractivity contribution in [3.05, 3.63) is 71.4 Å². The van der Waals surface area contributed by atoms with E-state index in [1.54, 1.807) is 0 Å². The third kappa shape index (κ3) is 4.38. The van der Waals surface area contributed by atoms with Crippen molar-refractivity contribution in [3.8, 4) is 0 Å². The van der Waals surface area contributed by atoms with E-state index in [-0.39, 0.29) is 18.5 Å². The van der Waals surface area contributed by atoms with Gasteiger partial charge < -0.3 is 15.1 Å². The van der Waals surface area contributed by atoms with Crippen LogP contribution in [-0.4, -0.2) is 40.9 Å². The molecule has 1 fully saturated rings. The van der Waals surface area contributed by atoms with Crippen molar-refractivity contribution >= 4 is 34.7 Å². The molecule has 1 aromatic heterocycles. The van der Waals surface area contributed by atoms with Gasteiger partial charge in [-0.2, -0.15) is 0 Å². The minimum Gasteiger partial charge on any atom is -0.483 e. The number of aliphatic hydroxyl groups is 1. The summed E-state index contributed by atoms with van der Waals surface area (Å²) < 4.78 is 0. The molecule has 2 atom stereocenters. The summed E-state index contributed by atoms with van der Waals surface area (Å²) in [6.07, 6.45) is 2.36. The number of carbonyl (C=O) groups is 1. The van der Waals surface area contributed by atoms with E-state index in [2.05, 4.69) is 22.0 Å². The minimum absolute atomic E-state index is 0.194. The van der Waals surface area contributed by atoms with Gasteiger partial charge in [-0.15, -0.1) is 0 Å². The first-order valence-electron chi connectivity index (χ1n) is 8.74. The second kappa shape index (κ2) is 8.84. The number of rotatable bonds is 2. The maximum absolute atomic E-state index is 10.7. The van der Waals surface area contributed by atoms with E-state index in [9.17, 15) is 5.11 Å². The molecule has 0 amide bonds. The third-order valence-corrected chi connectivity index (χ3v) is 5.07. The zero-order chi connectivity index (χ0) is 19.2. The van der Waals surface area contributed by atoms with Crippen LogP contribution in [0.5, 0.6) is 0 Å². The van der Waals surface area contributed by atoms with Crippen LogP contribution in [0.4, 0.5) is 5.69 Å². The standard InChI is InChI=1S/C20H19ClN2O.CH2O2/c21-15-6-7-18-17(12-15)19(8-10-22-18)23-11-9-16(20(24)13-23)14-4-2-1-3-5-14;2-1-3/h1-8,10,12,16,20,24H,9,11,13H2;1H,(H,2,3)/t16-,20+;/m0./s1. The molecule has 27 heavy (non-hydrogen) atoms. The van der Waals surface area contributed by atoms with Gasteiger partial charge in [-0.3, -0.25) is 9.78 Å². The van der Waals surface area contributed by atoms with Gasteiger partial charge in [0.2, 0.25) is 0 Å². The van der Waals surface area contributed by atoms with E-state index in [4.69, 9.17) is 21.5 Å². The van der Waals surface area contributed by atoms with Gasteiger partial charge in [-0.25, -0.2) is 0 Å². The lowest BCUT2D eigenvalue weighted by Gasteiger charge is -2.38. The number of carboxylic acid groups (broad SMARTS) is 1. The quantitative estimate of drug-likeness (QED) is 0.654. The number of anilines is 1. The smallest absolute Gasteiger partial charge is 0.290 e. The molecule has 3 aromatic rings.